The molecule has 0 unspecified atom stereocenters. The van der Waals surface area contributed by atoms with Gasteiger partial charge in [-0.15, -0.1) is 0 Å². The number of carbonyl (C=O) groups excluding carboxylic acids is 1. The monoisotopic (exact) mass is 485 g/mol. The van der Waals surface area contributed by atoms with Gasteiger partial charge in [0, 0.05) is 43.7 Å². The minimum absolute atomic E-state index is 0.187. The third-order valence-corrected chi connectivity index (χ3v) is 7.12. The predicted octanol–water partition coefficient (Wildman–Crippen LogP) is 3.19. The van der Waals surface area contributed by atoms with Crippen LogP contribution in [0.25, 0.3) is 0 Å². The van der Waals surface area contributed by atoms with Crippen LogP contribution in [-0.4, -0.2) is 61.6 Å². The minimum atomic E-state index is -3.52. The average Bonchev–Trinajstić information content (AvgIpc) is 3.69. The molecule has 1 saturated heterocycles. The minimum Gasteiger partial charge on any atom is -0.435 e. The molecule has 3 heterocycles. The largest absolute Gasteiger partial charge is 0.435 e. The van der Waals surface area contributed by atoms with Crippen LogP contribution < -0.4 is 14.4 Å². The molecular formula is C24H31N5O4S. The van der Waals surface area contributed by atoms with E-state index in [0.717, 1.165) is 48.9 Å². The zero-order valence-corrected chi connectivity index (χ0v) is 20.7. The molecule has 2 aromatic heterocycles. The van der Waals surface area contributed by atoms with E-state index in [1.165, 1.54) is 0 Å². The van der Waals surface area contributed by atoms with Gasteiger partial charge in [0.2, 0.25) is 21.8 Å². The maximum absolute atomic E-state index is 12.4. The molecule has 0 bridgehead atoms. The average molecular weight is 486 g/mol. The second kappa shape index (κ2) is 8.72. The van der Waals surface area contributed by atoms with Gasteiger partial charge in [-0.1, -0.05) is 0 Å². The van der Waals surface area contributed by atoms with Crippen molar-refractivity contribution < 1.29 is 17.9 Å². The maximum Gasteiger partial charge on any atom is 0.245 e. The quantitative estimate of drug-likeness (QED) is 0.642. The molecule has 2 aliphatic carbocycles. The number of ether oxygens (including phenoxy) is 1. The highest BCUT2D eigenvalue weighted by atomic mass is 32.2. The lowest BCUT2D eigenvalue weighted by Crippen LogP contribution is -2.49. The Kier molecular flexibility index (Phi) is 5.87. The summed E-state index contributed by atoms with van der Waals surface area (Å²) in [5.74, 6) is 2.47. The third-order valence-electron chi connectivity index (χ3n) is 6.53. The maximum atomic E-state index is 12.4. The van der Waals surface area contributed by atoms with Crippen LogP contribution in [0.1, 0.15) is 48.6 Å². The first-order chi connectivity index (χ1) is 16.2. The van der Waals surface area contributed by atoms with Crippen LogP contribution in [0, 0.1) is 19.8 Å². The van der Waals surface area contributed by atoms with Gasteiger partial charge in [0.15, 0.2) is 5.75 Å². The van der Waals surface area contributed by atoms with E-state index in [9.17, 15) is 13.2 Å². The first-order valence-corrected chi connectivity index (χ1v) is 13.8. The molecule has 0 aromatic carbocycles. The smallest absolute Gasteiger partial charge is 0.245 e. The summed E-state index contributed by atoms with van der Waals surface area (Å²) in [4.78, 5) is 25.8. The number of pyridine rings is 2. The molecule has 34 heavy (non-hydrogen) atoms. The van der Waals surface area contributed by atoms with Crippen LogP contribution in [-0.2, 0) is 14.8 Å². The zero-order valence-electron chi connectivity index (χ0n) is 19.9. The van der Waals surface area contributed by atoms with E-state index in [0.29, 0.717) is 43.7 Å². The number of hydrogen-bond acceptors (Lipinski definition) is 7. The van der Waals surface area contributed by atoms with Crippen molar-refractivity contribution in [3.63, 3.8) is 0 Å². The summed E-state index contributed by atoms with van der Waals surface area (Å²) in [6, 6.07) is 5.51. The summed E-state index contributed by atoms with van der Waals surface area (Å²) in [5, 5.41) is 0. The van der Waals surface area contributed by atoms with E-state index >= 15 is 0 Å². The number of rotatable bonds is 7. The molecule has 5 rings (SSSR count). The molecule has 182 valence electrons. The van der Waals surface area contributed by atoms with Crippen molar-refractivity contribution in [3.8, 4) is 11.6 Å². The Bertz CT molecular complexity index is 1190. The highest BCUT2D eigenvalue weighted by Crippen LogP contribution is 2.41. The Labute approximate surface area is 200 Å². The summed E-state index contributed by atoms with van der Waals surface area (Å²) in [7, 11) is -3.52. The number of nitrogens with zero attached hydrogens (tertiary/aromatic N) is 4. The van der Waals surface area contributed by atoms with Gasteiger partial charge in [-0.2, -0.15) is 4.98 Å². The number of hydrogen-bond donors (Lipinski definition) is 1. The fourth-order valence-corrected chi connectivity index (χ4v) is 4.95. The van der Waals surface area contributed by atoms with Crippen molar-refractivity contribution in [2.75, 3.05) is 42.1 Å². The lowest BCUT2D eigenvalue weighted by molar-refractivity contribution is -0.132. The standard InChI is InChI=1S/C24H31N5O4S/c1-15-14-20(17-4-5-17)25-16(2)22(15)33-23-19(27-34(3,31)32)8-9-21(26-23)28-10-12-29(13-11-28)24(30)18-6-7-18/h8-9,14,17-18,27H,4-7,10-13H2,1-3H3. The summed E-state index contributed by atoms with van der Waals surface area (Å²) < 4.78 is 32.6. The Morgan fingerprint density at radius 1 is 1.06 bits per heavy atom. The van der Waals surface area contributed by atoms with Gasteiger partial charge in [0.1, 0.15) is 11.5 Å². The fourth-order valence-electron chi connectivity index (χ4n) is 4.40. The van der Waals surface area contributed by atoms with Crippen molar-refractivity contribution in [2.45, 2.75) is 45.4 Å². The number of aromatic nitrogens is 2. The molecule has 2 aromatic rings. The fraction of sp³-hybridized carbons (Fsp3) is 0.542. The van der Waals surface area contributed by atoms with Gasteiger partial charge in [-0.3, -0.25) is 14.5 Å². The number of sulfonamides is 1. The number of carbonyl (C=O) groups is 1. The number of amides is 1. The number of anilines is 2. The predicted molar refractivity (Wildman–Crippen MR) is 130 cm³/mol. The second-order valence-electron chi connectivity index (χ2n) is 9.64. The summed E-state index contributed by atoms with van der Waals surface area (Å²) in [6.45, 7) is 6.51. The Morgan fingerprint density at radius 3 is 2.35 bits per heavy atom. The lowest BCUT2D eigenvalue weighted by Gasteiger charge is -2.35. The molecule has 1 N–H and O–H groups in total. The molecule has 3 fully saturated rings. The molecule has 0 radical (unpaired) electrons. The molecule has 0 spiro atoms. The van der Waals surface area contributed by atoms with Gasteiger partial charge < -0.3 is 14.5 Å². The van der Waals surface area contributed by atoms with Gasteiger partial charge >= 0.3 is 0 Å². The molecule has 1 amide bonds. The Balaban J connectivity index is 1.40. The van der Waals surface area contributed by atoms with E-state index in [-0.39, 0.29) is 23.4 Å². The van der Waals surface area contributed by atoms with Gasteiger partial charge in [-0.05, 0) is 63.3 Å². The van der Waals surface area contributed by atoms with Crippen molar-refractivity contribution in [2.24, 2.45) is 5.92 Å². The van der Waals surface area contributed by atoms with E-state index in [1.54, 1.807) is 12.1 Å². The van der Waals surface area contributed by atoms with Crippen LogP contribution in [0.5, 0.6) is 11.6 Å². The zero-order chi connectivity index (χ0) is 24.0. The molecular weight excluding hydrogens is 454 g/mol. The van der Waals surface area contributed by atoms with Gasteiger partial charge in [0.05, 0.1) is 11.9 Å². The third kappa shape index (κ3) is 5.11. The molecule has 0 atom stereocenters. The molecule has 3 aliphatic rings. The summed E-state index contributed by atoms with van der Waals surface area (Å²) >= 11 is 0. The number of piperazine rings is 1. The number of aryl methyl sites for hydroxylation is 2. The Morgan fingerprint density at radius 2 is 1.76 bits per heavy atom. The molecule has 1 aliphatic heterocycles. The highest BCUT2D eigenvalue weighted by Gasteiger charge is 2.35. The van der Waals surface area contributed by atoms with E-state index in [4.69, 9.17) is 14.7 Å². The first kappa shape index (κ1) is 22.9. The van der Waals surface area contributed by atoms with Crippen LogP contribution in [0.2, 0.25) is 0 Å². The van der Waals surface area contributed by atoms with Gasteiger partial charge in [-0.25, -0.2) is 8.42 Å². The van der Waals surface area contributed by atoms with Crippen LogP contribution >= 0.6 is 0 Å². The molecule has 9 nitrogen and oxygen atoms in total. The summed E-state index contributed by atoms with van der Waals surface area (Å²) in [6.07, 6.45) is 5.44. The van der Waals surface area contributed by atoms with E-state index in [1.807, 2.05) is 24.8 Å². The van der Waals surface area contributed by atoms with Gasteiger partial charge in [0.25, 0.3) is 0 Å². The topological polar surface area (TPSA) is 105 Å². The first-order valence-electron chi connectivity index (χ1n) is 11.9. The van der Waals surface area contributed by atoms with Crippen molar-refractivity contribution in [3.05, 3.63) is 35.2 Å². The highest BCUT2D eigenvalue weighted by molar-refractivity contribution is 7.92. The van der Waals surface area contributed by atoms with E-state index < -0.39 is 10.0 Å². The van der Waals surface area contributed by atoms with Crippen molar-refractivity contribution in [1.82, 2.24) is 14.9 Å². The SMILES string of the molecule is Cc1cc(C2CC2)nc(C)c1Oc1nc(N2CCN(C(=O)C3CC3)CC2)ccc1NS(C)(=O)=O. The lowest BCUT2D eigenvalue weighted by atomic mass is 10.1. The molecule has 2 saturated carbocycles. The van der Waals surface area contributed by atoms with Crippen LogP contribution in [0.15, 0.2) is 18.2 Å². The van der Waals surface area contributed by atoms with Crippen molar-refractivity contribution >= 4 is 27.4 Å². The Hall–Kier alpha value is -2.88. The van der Waals surface area contributed by atoms with Crippen molar-refractivity contribution in [1.29, 1.82) is 0 Å². The summed E-state index contributed by atoms with van der Waals surface area (Å²) in [5.41, 5.74) is 3.06. The second-order valence-corrected chi connectivity index (χ2v) is 11.4. The van der Waals surface area contributed by atoms with E-state index in [2.05, 4.69) is 9.62 Å². The van der Waals surface area contributed by atoms with Crippen LogP contribution in [0.3, 0.4) is 0 Å². The van der Waals surface area contributed by atoms with Crippen LogP contribution in [0.4, 0.5) is 11.5 Å². The molecule has 10 heteroatoms. The normalized spacial score (nSPS) is 18.7. The number of nitrogens with one attached hydrogen (secondary N) is 1.